The molecule has 3 nitrogen and oxygen atoms in total. The van der Waals surface area contributed by atoms with Crippen LogP contribution in [-0.4, -0.2) is 10.9 Å². The van der Waals surface area contributed by atoms with Crippen LogP contribution in [0, 0.1) is 6.92 Å². The van der Waals surface area contributed by atoms with Crippen LogP contribution in [0.15, 0.2) is 48.7 Å². The van der Waals surface area contributed by atoms with E-state index in [2.05, 4.69) is 10.3 Å². The first-order valence-electron chi connectivity index (χ1n) is 7.00. The number of hydrogen-bond acceptors (Lipinski definition) is 2. The Labute approximate surface area is 119 Å². The fourth-order valence-electron chi connectivity index (χ4n) is 2.71. The molecule has 20 heavy (non-hydrogen) atoms. The number of nitrogens with one attached hydrogen (secondary N) is 1. The lowest BCUT2D eigenvalue weighted by molar-refractivity contribution is -0.124. The predicted octanol–water partition coefficient (Wildman–Crippen LogP) is 3.45. The van der Waals surface area contributed by atoms with Crippen LogP contribution in [0.2, 0.25) is 0 Å². The second-order valence-corrected chi connectivity index (χ2v) is 5.48. The number of hydrogen-bond donors (Lipinski definition) is 1. The predicted molar refractivity (Wildman–Crippen MR) is 79.6 cm³/mol. The van der Waals surface area contributed by atoms with Crippen LogP contribution < -0.4 is 5.32 Å². The Hall–Kier alpha value is -2.16. The second-order valence-electron chi connectivity index (χ2n) is 5.48. The van der Waals surface area contributed by atoms with Crippen LogP contribution in [0.5, 0.6) is 0 Å². The lowest BCUT2D eigenvalue weighted by atomic mass is 9.64. The fourth-order valence-corrected chi connectivity index (χ4v) is 2.71. The van der Waals surface area contributed by atoms with Gasteiger partial charge in [0, 0.05) is 6.20 Å². The fraction of sp³-hybridized carbons (Fsp3) is 0.294. The number of anilines is 1. The number of amides is 1. The van der Waals surface area contributed by atoms with E-state index in [-0.39, 0.29) is 11.3 Å². The highest BCUT2D eigenvalue weighted by atomic mass is 16.2. The van der Waals surface area contributed by atoms with Gasteiger partial charge in [-0.3, -0.25) is 4.79 Å². The molecule has 1 heterocycles. The van der Waals surface area contributed by atoms with Gasteiger partial charge in [0.25, 0.3) is 0 Å². The van der Waals surface area contributed by atoms with Gasteiger partial charge in [-0.05, 0) is 37.0 Å². The number of nitrogens with zero attached hydrogens (tertiary/aromatic N) is 1. The van der Waals surface area contributed by atoms with E-state index < -0.39 is 0 Å². The molecule has 0 unspecified atom stereocenters. The van der Waals surface area contributed by atoms with Crippen molar-refractivity contribution in [2.45, 2.75) is 31.6 Å². The minimum absolute atomic E-state index is 0.0614. The monoisotopic (exact) mass is 266 g/mol. The third kappa shape index (κ3) is 2.20. The highest BCUT2D eigenvalue weighted by molar-refractivity contribution is 5.99. The average molecular weight is 266 g/mol. The summed E-state index contributed by atoms with van der Waals surface area (Å²) in [6.45, 7) is 1.98. The molecule has 0 atom stereocenters. The van der Waals surface area contributed by atoms with Gasteiger partial charge in [0.15, 0.2) is 0 Å². The zero-order chi connectivity index (χ0) is 14.0. The van der Waals surface area contributed by atoms with Crippen molar-refractivity contribution in [2.75, 3.05) is 5.32 Å². The highest BCUT2D eigenvalue weighted by Gasteiger charge is 2.45. The number of rotatable bonds is 3. The standard InChI is InChI=1S/C17H18N2O/c1-13-8-9-15(18-12-13)19-16(20)17(10-5-11-17)14-6-3-2-4-7-14/h2-4,6-9,12H,5,10-11H2,1H3,(H,18,19,20). The molecule has 1 aliphatic carbocycles. The molecule has 0 radical (unpaired) electrons. The van der Waals surface area contributed by atoms with Crippen LogP contribution >= 0.6 is 0 Å². The van der Waals surface area contributed by atoms with Crippen LogP contribution in [0.3, 0.4) is 0 Å². The Morgan fingerprint density at radius 1 is 1.15 bits per heavy atom. The third-order valence-electron chi connectivity index (χ3n) is 4.12. The Morgan fingerprint density at radius 2 is 1.90 bits per heavy atom. The molecule has 1 fully saturated rings. The van der Waals surface area contributed by atoms with E-state index in [1.165, 1.54) is 0 Å². The number of carbonyl (C=O) groups is 1. The van der Waals surface area contributed by atoms with E-state index in [9.17, 15) is 4.79 Å². The Bertz CT molecular complexity index is 601. The van der Waals surface area contributed by atoms with Gasteiger partial charge in [-0.2, -0.15) is 0 Å². The molecule has 0 aliphatic heterocycles. The van der Waals surface area contributed by atoms with Crippen molar-refractivity contribution in [1.82, 2.24) is 4.98 Å². The summed E-state index contributed by atoms with van der Waals surface area (Å²) in [5, 5.41) is 2.96. The Balaban J connectivity index is 1.83. The summed E-state index contributed by atoms with van der Waals surface area (Å²) in [6, 6.07) is 13.9. The quantitative estimate of drug-likeness (QED) is 0.924. The van der Waals surface area contributed by atoms with Crippen molar-refractivity contribution in [3.05, 3.63) is 59.8 Å². The van der Waals surface area contributed by atoms with Crippen LogP contribution in [0.25, 0.3) is 0 Å². The second kappa shape index (κ2) is 5.08. The van der Waals surface area contributed by atoms with Gasteiger partial charge < -0.3 is 5.32 Å². The minimum atomic E-state index is -0.367. The SMILES string of the molecule is Cc1ccc(NC(=O)C2(c3ccccc3)CCC2)nc1. The van der Waals surface area contributed by atoms with Crippen LogP contribution in [0.1, 0.15) is 30.4 Å². The molecule has 1 aromatic carbocycles. The van der Waals surface area contributed by atoms with Gasteiger partial charge in [-0.25, -0.2) is 4.98 Å². The van der Waals surface area contributed by atoms with Crippen molar-refractivity contribution in [1.29, 1.82) is 0 Å². The number of aromatic nitrogens is 1. The van der Waals surface area contributed by atoms with Gasteiger partial charge >= 0.3 is 0 Å². The molecule has 3 heteroatoms. The van der Waals surface area contributed by atoms with Gasteiger partial charge in [0.2, 0.25) is 5.91 Å². The molecule has 0 spiro atoms. The average Bonchev–Trinajstić information content (AvgIpc) is 2.41. The number of carbonyl (C=O) groups excluding carboxylic acids is 1. The van der Waals surface area contributed by atoms with Crippen molar-refractivity contribution < 1.29 is 4.79 Å². The van der Waals surface area contributed by atoms with Crippen molar-refractivity contribution >= 4 is 11.7 Å². The smallest absolute Gasteiger partial charge is 0.236 e. The molecule has 1 aliphatic rings. The normalized spacial score (nSPS) is 16.2. The maximum atomic E-state index is 12.7. The van der Waals surface area contributed by atoms with E-state index in [4.69, 9.17) is 0 Å². The number of benzene rings is 1. The molecule has 2 aromatic rings. The molecule has 1 saturated carbocycles. The lowest BCUT2D eigenvalue weighted by Gasteiger charge is -2.40. The third-order valence-corrected chi connectivity index (χ3v) is 4.12. The molecule has 102 valence electrons. The largest absolute Gasteiger partial charge is 0.310 e. The van der Waals surface area contributed by atoms with E-state index in [1.807, 2.05) is 49.4 Å². The Kier molecular flexibility index (Phi) is 3.26. The van der Waals surface area contributed by atoms with E-state index in [0.717, 1.165) is 30.4 Å². The molecule has 0 saturated heterocycles. The molecule has 3 rings (SSSR count). The lowest BCUT2D eigenvalue weighted by Crippen LogP contribution is -2.46. The molecule has 1 amide bonds. The van der Waals surface area contributed by atoms with E-state index in [0.29, 0.717) is 5.82 Å². The summed E-state index contributed by atoms with van der Waals surface area (Å²) in [5.74, 6) is 0.689. The van der Waals surface area contributed by atoms with E-state index in [1.54, 1.807) is 6.20 Å². The summed E-state index contributed by atoms with van der Waals surface area (Å²) >= 11 is 0. The zero-order valence-electron chi connectivity index (χ0n) is 11.6. The minimum Gasteiger partial charge on any atom is -0.310 e. The van der Waals surface area contributed by atoms with Crippen molar-refractivity contribution in [2.24, 2.45) is 0 Å². The summed E-state index contributed by atoms with van der Waals surface area (Å²) in [7, 11) is 0. The summed E-state index contributed by atoms with van der Waals surface area (Å²) < 4.78 is 0. The summed E-state index contributed by atoms with van der Waals surface area (Å²) in [4.78, 5) is 16.9. The van der Waals surface area contributed by atoms with Gasteiger partial charge in [-0.1, -0.05) is 42.8 Å². The van der Waals surface area contributed by atoms with Crippen molar-refractivity contribution in [3.8, 4) is 0 Å². The van der Waals surface area contributed by atoms with Gasteiger partial charge in [-0.15, -0.1) is 0 Å². The summed E-state index contributed by atoms with van der Waals surface area (Å²) in [5.41, 5.74) is 1.83. The Morgan fingerprint density at radius 3 is 2.45 bits per heavy atom. The zero-order valence-corrected chi connectivity index (χ0v) is 11.6. The maximum absolute atomic E-state index is 12.7. The van der Waals surface area contributed by atoms with E-state index >= 15 is 0 Å². The van der Waals surface area contributed by atoms with Crippen molar-refractivity contribution in [3.63, 3.8) is 0 Å². The molecular formula is C17H18N2O. The molecule has 1 aromatic heterocycles. The molecule has 1 N–H and O–H groups in total. The van der Waals surface area contributed by atoms with Gasteiger partial charge in [0.1, 0.15) is 5.82 Å². The highest BCUT2D eigenvalue weighted by Crippen LogP contribution is 2.44. The first-order chi connectivity index (χ1) is 9.71. The molecule has 0 bridgehead atoms. The molecular weight excluding hydrogens is 248 g/mol. The van der Waals surface area contributed by atoms with Crippen LogP contribution in [-0.2, 0) is 10.2 Å². The van der Waals surface area contributed by atoms with Gasteiger partial charge in [0.05, 0.1) is 5.41 Å². The topological polar surface area (TPSA) is 42.0 Å². The number of aryl methyl sites for hydroxylation is 1. The first-order valence-corrected chi connectivity index (χ1v) is 7.00. The van der Waals surface area contributed by atoms with Crippen LogP contribution in [0.4, 0.5) is 5.82 Å². The number of pyridine rings is 1. The summed E-state index contributed by atoms with van der Waals surface area (Å²) in [6.07, 6.45) is 4.69. The first kappa shape index (κ1) is 12.9. The maximum Gasteiger partial charge on any atom is 0.236 e.